The Hall–Kier alpha value is -8.49. The molecule has 0 fully saturated rings. The zero-order valence-corrected chi connectivity index (χ0v) is 31.2. The first-order valence-electron chi connectivity index (χ1n) is 18.0. The molecule has 12 heteroatoms. The van der Waals surface area contributed by atoms with Crippen molar-refractivity contribution in [1.29, 1.82) is 5.26 Å². The second-order valence-electron chi connectivity index (χ2n) is 13.3. The molecule has 0 heterocycles. The van der Waals surface area contributed by atoms with Gasteiger partial charge in [-0.25, -0.2) is 24.0 Å². The van der Waals surface area contributed by atoms with Crippen LogP contribution in [0.2, 0.25) is 0 Å². The van der Waals surface area contributed by atoms with Gasteiger partial charge < -0.3 is 4.74 Å². The van der Waals surface area contributed by atoms with Crippen molar-refractivity contribution in [2.75, 3.05) is 0 Å². The summed E-state index contributed by atoms with van der Waals surface area (Å²) in [7, 11) is 0. The smallest absolute Gasteiger partial charge is 0.292 e. The van der Waals surface area contributed by atoms with Gasteiger partial charge in [-0.3, -0.25) is 0 Å². The molecule has 0 unspecified atom stereocenters. The number of carbonyl (C=O) groups excluding carboxylic acids is 5. The van der Waals surface area contributed by atoms with Gasteiger partial charge in [-0.2, -0.15) is 25.0 Å². The summed E-state index contributed by atoms with van der Waals surface area (Å²) in [6, 6.07) is 36.4. The monoisotopic (exact) mass is 774 g/mol. The Morgan fingerprint density at radius 2 is 0.678 bits per heavy atom. The third kappa shape index (κ3) is 10.8. The van der Waals surface area contributed by atoms with Crippen molar-refractivity contribution >= 4 is 58.8 Å². The average molecular weight is 775 g/mol. The van der Waals surface area contributed by atoms with Gasteiger partial charge in [0.05, 0.1) is 28.4 Å². The van der Waals surface area contributed by atoms with E-state index in [9.17, 15) is 24.0 Å². The first-order valence-corrected chi connectivity index (χ1v) is 18.0. The first kappa shape index (κ1) is 40.2. The van der Waals surface area contributed by atoms with Crippen molar-refractivity contribution in [3.8, 4) is 12.0 Å². The van der Waals surface area contributed by atoms with Gasteiger partial charge in [-0.15, -0.1) is 5.26 Å². The molecule has 0 amide bonds. The lowest BCUT2D eigenvalue weighted by molar-refractivity contribution is 0.507. The van der Waals surface area contributed by atoms with E-state index in [4.69, 9.17) is 10.00 Å². The zero-order chi connectivity index (χ0) is 41.4. The van der Waals surface area contributed by atoms with Crippen LogP contribution in [0.4, 0.5) is 28.4 Å². The number of hydrogen-bond donors (Lipinski definition) is 0. The highest BCUT2D eigenvalue weighted by atomic mass is 16.5. The summed E-state index contributed by atoms with van der Waals surface area (Å²) in [5.74, 6) is 0.447. The van der Waals surface area contributed by atoms with Gasteiger partial charge in [0.25, 0.3) is 6.26 Å². The molecular formula is C47H30N6O6. The van der Waals surface area contributed by atoms with Crippen LogP contribution in [-0.2, 0) is 56.1 Å². The molecule has 6 aromatic carbocycles. The Morgan fingerprint density at radius 3 is 1.03 bits per heavy atom. The summed E-state index contributed by atoms with van der Waals surface area (Å²) in [6.45, 7) is 0. The van der Waals surface area contributed by atoms with Crippen LogP contribution in [-0.4, -0.2) is 30.4 Å². The minimum Gasteiger partial charge on any atom is -0.388 e. The topological polar surface area (TPSA) is 180 Å². The van der Waals surface area contributed by atoms with E-state index in [1.807, 2.05) is 72.8 Å². The summed E-state index contributed by atoms with van der Waals surface area (Å²) >= 11 is 0. The van der Waals surface area contributed by atoms with Gasteiger partial charge >= 0.3 is 0 Å². The van der Waals surface area contributed by atoms with Crippen molar-refractivity contribution in [2.24, 2.45) is 25.0 Å². The molecule has 0 aliphatic carbocycles. The van der Waals surface area contributed by atoms with E-state index in [1.54, 1.807) is 79.1 Å². The Morgan fingerprint density at radius 1 is 0.373 bits per heavy atom. The fraction of sp³-hybridized carbons (Fsp3) is 0.106. The molecule has 12 nitrogen and oxygen atoms in total. The molecule has 0 aromatic heterocycles. The second kappa shape index (κ2) is 19.9. The Labute approximate surface area is 338 Å². The number of benzene rings is 6. The van der Waals surface area contributed by atoms with E-state index in [2.05, 4.69) is 25.0 Å². The molecule has 0 aliphatic heterocycles. The largest absolute Gasteiger partial charge is 0.388 e. The number of rotatable bonds is 16. The SMILES string of the molecule is N#COc1ccc(Cc2ccc(N=C=O)c(Cc3ccc(N=C=O)c(Cc4ccc(N=C=O)c(Cc5ccc(N=C=O)c(Cc6ccc(N=C=O)cc6)c5)c4)c3)c2)cc1. The highest BCUT2D eigenvalue weighted by Gasteiger charge is 2.13. The van der Waals surface area contributed by atoms with Gasteiger partial charge in [0.15, 0.2) is 0 Å². The maximum absolute atomic E-state index is 11.5. The number of hydrogen-bond acceptors (Lipinski definition) is 12. The van der Waals surface area contributed by atoms with Crippen LogP contribution in [0.1, 0.15) is 55.6 Å². The summed E-state index contributed by atoms with van der Waals surface area (Å²) in [6.07, 6.45) is 11.9. The normalized spacial score (nSPS) is 10.0. The van der Waals surface area contributed by atoms with Gasteiger partial charge in [0.2, 0.25) is 30.4 Å². The van der Waals surface area contributed by atoms with Crippen molar-refractivity contribution in [3.63, 3.8) is 0 Å². The van der Waals surface area contributed by atoms with Crippen LogP contribution < -0.4 is 4.74 Å². The van der Waals surface area contributed by atoms with E-state index >= 15 is 0 Å². The lowest BCUT2D eigenvalue weighted by Crippen LogP contribution is -1.98. The van der Waals surface area contributed by atoms with E-state index in [0.717, 1.165) is 55.6 Å². The minimum atomic E-state index is 0.361. The van der Waals surface area contributed by atoms with Crippen LogP contribution in [0.15, 0.2) is 146 Å². The van der Waals surface area contributed by atoms with Crippen LogP contribution in [0.25, 0.3) is 0 Å². The molecule has 0 aliphatic rings. The Kier molecular flexibility index (Phi) is 13.6. The predicted octanol–water partition coefficient (Wildman–Crippen LogP) is 9.34. The number of nitrogens with zero attached hydrogens (tertiary/aromatic N) is 6. The van der Waals surface area contributed by atoms with E-state index in [0.29, 0.717) is 66.3 Å². The third-order valence-corrected chi connectivity index (χ3v) is 9.42. The van der Waals surface area contributed by atoms with Crippen LogP contribution in [0.5, 0.6) is 5.75 Å². The standard InChI is InChI=1S/C47H30N6O6/c48-26-59-43-11-3-32(4-12-43)17-34-5-13-45(51-29-56)39(19-34)21-36-7-15-47(53-31-58)41(23-36)25-37-8-16-46(52-30-57)40(24-37)22-35-6-14-44(50-28-55)38(20-35)18-33-1-9-42(10-2-33)49-27-54/h1-16,19-20,23-24H,17-18,21-22,25H2. The maximum Gasteiger partial charge on any atom is 0.292 e. The highest BCUT2D eigenvalue weighted by Crippen LogP contribution is 2.32. The lowest BCUT2D eigenvalue weighted by atomic mass is 9.93. The number of nitriles is 1. The van der Waals surface area contributed by atoms with Gasteiger partial charge in [-0.1, -0.05) is 72.8 Å². The van der Waals surface area contributed by atoms with E-state index < -0.39 is 0 Å². The molecule has 0 atom stereocenters. The third-order valence-electron chi connectivity index (χ3n) is 9.42. The predicted molar refractivity (Wildman–Crippen MR) is 218 cm³/mol. The molecule has 59 heavy (non-hydrogen) atoms. The van der Waals surface area contributed by atoms with Gasteiger partial charge in [-0.05, 0) is 136 Å². The molecule has 0 saturated heterocycles. The van der Waals surface area contributed by atoms with Gasteiger partial charge in [0.1, 0.15) is 5.75 Å². The van der Waals surface area contributed by atoms with Crippen molar-refractivity contribution in [1.82, 2.24) is 0 Å². The first-order chi connectivity index (χ1) is 28.9. The fourth-order valence-electron chi connectivity index (χ4n) is 6.78. The molecule has 0 spiro atoms. The average Bonchev–Trinajstić information content (AvgIpc) is 3.23. The van der Waals surface area contributed by atoms with Crippen molar-refractivity contribution in [2.45, 2.75) is 32.1 Å². The molecule has 284 valence electrons. The molecule has 0 bridgehead atoms. The maximum atomic E-state index is 11.5. The molecule has 0 radical (unpaired) electrons. The summed E-state index contributed by atoms with van der Waals surface area (Å²) < 4.78 is 4.88. The Balaban J connectivity index is 1.28. The van der Waals surface area contributed by atoms with Crippen LogP contribution >= 0.6 is 0 Å². The summed E-state index contributed by atoms with van der Waals surface area (Å²) in [5, 5.41) is 8.78. The zero-order valence-electron chi connectivity index (χ0n) is 31.2. The highest BCUT2D eigenvalue weighted by molar-refractivity contribution is 5.62. The molecule has 0 saturated carbocycles. The van der Waals surface area contributed by atoms with Crippen LogP contribution in [0, 0.1) is 11.5 Å². The summed E-state index contributed by atoms with van der Waals surface area (Å²) in [5.41, 5.74) is 10.8. The minimum absolute atomic E-state index is 0.361. The number of isocyanates is 5. The lowest BCUT2D eigenvalue weighted by Gasteiger charge is -2.13. The van der Waals surface area contributed by atoms with Crippen molar-refractivity contribution in [3.05, 3.63) is 177 Å². The number of aliphatic imine (C=N–C) groups is 5. The summed E-state index contributed by atoms with van der Waals surface area (Å²) in [4.78, 5) is 75.5. The quantitative estimate of drug-likeness (QED) is 0.0533. The molecule has 6 rings (SSSR count). The molecular weight excluding hydrogens is 745 g/mol. The van der Waals surface area contributed by atoms with E-state index in [1.165, 1.54) is 6.08 Å². The molecule has 6 aromatic rings. The van der Waals surface area contributed by atoms with Crippen molar-refractivity contribution < 1.29 is 28.7 Å². The fourth-order valence-corrected chi connectivity index (χ4v) is 6.78. The van der Waals surface area contributed by atoms with Gasteiger partial charge in [0, 0.05) is 0 Å². The second-order valence-corrected chi connectivity index (χ2v) is 13.3. The molecule has 0 N–H and O–H groups in total. The Bertz CT molecular complexity index is 2820. The van der Waals surface area contributed by atoms with Crippen LogP contribution in [0.3, 0.4) is 0 Å². The van der Waals surface area contributed by atoms with E-state index in [-0.39, 0.29) is 0 Å². The number of ether oxygens (including phenoxy) is 1.